The molecule has 0 spiro atoms. The molecule has 3 rings (SSSR count). The third kappa shape index (κ3) is 3.43. The van der Waals surface area contributed by atoms with Crippen LogP contribution in [-0.2, 0) is 17.8 Å². The van der Waals surface area contributed by atoms with E-state index < -0.39 is 0 Å². The highest BCUT2D eigenvalue weighted by Crippen LogP contribution is 2.17. The van der Waals surface area contributed by atoms with Gasteiger partial charge in [0.1, 0.15) is 0 Å². The number of ether oxygens (including phenoxy) is 1. The fourth-order valence-electron chi connectivity index (χ4n) is 2.94. The van der Waals surface area contributed by atoms with Gasteiger partial charge in [0.05, 0.1) is 12.7 Å². The summed E-state index contributed by atoms with van der Waals surface area (Å²) in [6.07, 6.45) is 0.0961. The normalized spacial score (nSPS) is 22.0. The number of rotatable bonds is 4. The van der Waals surface area contributed by atoms with E-state index in [1.54, 1.807) is 0 Å². The van der Waals surface area contributed by atoms with Crippen LogP contribution in [0.2, 0.25) is 0 Å². The van der Waals surface area contributed by atoms with Gasteiger partial charge in [-0.25, -0.2) is 0 Å². The topological polar surface area (TPSA) is 53.6 Å². The van der Waals surface area contributed by atoms with Gasteiger partial charge in [-0.3, -0.25) is 9.69 Å². The molecule has 0 aliphatic carbocycles. The SMILES string of the molecule is CCN1CCOC(CNC(=O)c2ccc3c(c2)CNC3)C1. The number of carbonyl (C=O) groups excluding carboxylic acids is 1. The van der Waals surface area contributed by atoms with Crippen LogP contribution in [0.3, 0.4) is 0 Å². The molecule has 5 nitrogen and oxygen atoms in total. The van der Waals surface area contributed by atoms with E-state index in [-0.39, 0.29) is 12.0 Å². The predicted octanol–water partition coefficient (Wildman–Crippen LogP) is 0.740. The van der Waals surface area contributed by atoms with Crippen molar-refractivity contribution in [3.05, 3.63) is 34.9 Å². The van der Waals surface area contributed by atoms with Crippen LogP contribution in [0, 0.1) is 0 Å². The van der Waals surface area contributed by atoms with E-state index in [9.17, 15) is 4.79 Å². The molecule has 2 aliphatic heterocycles. The average Bonchev–Trinajstić information content (AvgIpc) is 3.00. The van der Waals surface area contributed by atoms with Gasteiger partial charge in [0.2, 0.25) is 0 Å². The highest BCUT2D eigenvalue weighted by atomic mass is 16.5. The molecule has 0 radical (unpaired) electrons. The Labute approximate surface area is 125 Å². The summed E-state index contributed by atoms with van der Waals surface area (Å²) < 4.78 is 5.70. The van der Waals surface area contributed by atoms with E-state index in [1.807, 2.05) is 18.2 Å². The first-order valence-electron chi connectivity index (χ1n) is 7.71. The van der Waals surface area contributed by atoms with Crippen molar-refractivity contribution < 1.29 is 9.53 Å². The number of fused-ring (bicyclic) bond motifs is 1. The second-order valence-corrected chi connectivity index (χ2v) is 5.68. The zero-order valence-corrected chi connectivity index (χ0v) is 12.5. The summed E-state index contributed by atoms with van der Waals surface area (Å²) in [6, 6.07) is 5.94. The van der Waals surface area contributed by atoms with Gasteiger partial charge in [0, 0.05) is 38.3 Å². The van der Waals surface area contributed by atoms with Gasteiger partial charge in [-0.15, -0.1) is 0 Å². The second kappa shape index (κ2) is 6.56. The zero-order valence-electron chi connectivity index (χ0n) is 12.5. The lowest BCUT2D eigenvalue weighted by Crippen LogP contribution is -2.47. The van der Waals surface area contributed by atoms with Gasteiger partial charge in [0.15, 0.2) is 0 Å². The third-order valence-corrected chi connectivity index (χ3v) is 4.26. The fraction of sp³-hybridized carbons (Fsp3) is 0.562. The number of carbonyl (C=O) groups is 1. The van der Waals surface area contributed by atoms with Gasteiger partial charge in [0.25, 0.3) is 5.91 Å². The van der Waals surface area contributed by atoms with Crippen LogP contribution in [0.5, 0.6) is 0 Å². The van der Waals surface area contributed by atoms with Crippen molar-refractivity contribution in [2.45, 2.75) is 26.1 Å². The van der Waals surface area contributed by atoms with Crippen LogP contribution >= 0.6 is 0 Å². The van der Waals surface area contributed by atoms with Crippen molar-refractivity contribution in [2.24, 2.45) is 0 Å². The number of benzene rings is 1. The predicted molar refractivity (Wildman–Crippen MR) is 81.2 cm³/mol. The van der Waals surface area contributed by atoms with E-state index in [2.05, 4.69) is 22.5 Å². The number of morpholine rings is 1. The molecule has 1 saturated heterocycles. The molecule has 2 N–H and O–H groups in total. The molecule has 0 aromatic heterocycles. The van der Waals surface area contributed by atoms with Gasteiger partial charge in [-0.2, -0.15) is 0 Å². The summed E-state index contributed by atoms with van der Waals surface area (Å²) >= 11 is 0. The van der Waals surface area contributed by atoms with Gasteiger partial charge in [-0.05, 0) is 29.8 Å². The Bertz CT molecular complexity index is 518. The molecular formula is C16H23N3O2. The quantitative estimate of drug-likeness (QED) is 0.858. The molecule has 1 fully saturated rings. The molecule has 1 aromatic rings. The zero-order chi connectivity index (χ0) is 14.7. The van der Waals surface area contributed by atoms with Crippen LogP contribution in [0.4, 0.5) is 0 Å². The summed E-state index contributed by atoms with van der Waals surface area (Å²) in [5.74, 6) is -0.0121. The number of hydrogen-bond acceptors (Lipinski definition) is 4. The minimum Gasteiger partial charge on any atom is -0.374 e. The summed E-state index contributed by atoms with van der Waals surface area (Å²) in [6.45, 7) is 8.14. The van der Waals surface area contributed by atoms with E-state index in [1.165, 1.54) is 11.1 Å². The van der Waals surface area contributed by atoms with Crippen molar-refractivity contribution >= 4 is 5.91 Å². The van der Waals surface area contributed by atoms with E-state index in [4.69, 9.17) is 4.74 Å². The maximum absolute atomic E-state index is 12.2. The molecule has 114 valence electrons. The van der Waals surface area contributed by atoms with Crippen LogP contribution in [0.1, 0.15) is 28.4 Å². The Morgan fingerprint density at radius 1 is 1.43 bits per heavy atom. The summed E-state index contributed by atoms with van der Waals surface area (Å²) in [4.78, 5) is 14.6. The van der Waals surface area contributed by atoms with Crippen LogP contribution in [0.15, 0.2) is 18.2 Å². The standard InChI is InChI=1S/C16H23N3O2/c1-2-19-5-6-21-15(11-19)10-18-16(20)12-3-4-13-8-17-9-14(13)7-12/h3-4,7,15,17H,2,5-6,8-11H2,1H3,(H,18,20). The lowest BCUT2D eigenvalue weighted by atomic mass is 10.1. The third-order valence-electron chi connectivity index (χ3n) is 4.26. The van der Waals surface area contributed by atoms with E-state index in [0.29, 0.717) is 6.54 Å². The number of nitrogens with one attached hydrogen (secondary N) is 2. The summed E-state index contributed by atoms with van der Waals surface area (Å²) in [5, 5.41) is 6.29. The maximum Gasteiger partial charge on any atom is 0.251 e. The van der Waals surface area contributed by atoms with Gasteiger partial charge < -0.3 is 15.4 Å². The van der Waals surface area contributed by atoms with Crippen molar-refractivity contribution in [3.63, 3.8) is 0 Å². The van der Waals surface area contributed by atoms with E-state index >= 15 is 0 Å². The molecule has 2 heterocycles. The van der Waals surface area contributed by atoms with Crippen molar-refractivity contribution in [1.29, 1.82) is 0 Å². The minimum absolute atomic E-state index is 0.0121. The van der Waals surface area contributed by atoms with Crippen LogP contribution < -0.4 is 10.6 Å². The smallest absolute Gasteiger partial charge is 0.251 e. The molecule has 1 amide bonds. The summed E-state index contributed by atoms with van der Waals surface area (Å²) in [5.41, 5.74) is 3.26. The number of likely N-dealkylation sites (N-methyl/N-ethyl adjacent to an activating group) is 1. The Morgan fingerprint density at radius 3 is 3.14 bits per heavy atom. The monoisotopic (exact) mass is 289 g/mol. The molecule has 5 heteroatoms. The second-order valence-electron chi connectivity index (χ2n) is 5.68. The maximum atomic E-state index is 12.2. The largest absolute Gasteiger partial charge is 0.374 e. The Hall–Kier alpha value is -1.43. The number of hydrogen-bond donors (Lipinski definition) is 2. The molecule has 1 atom stereocenters. The molecule has 2 aliphatic rings. The first-order chi connectivity index (χ1) is 10.3. The molecule has 1 aromatic carbocycles. The molecule has 0 bridgehead atoms. The fourth-order valence-corrected chi connectivity index (χ4v) is 2.94. The summed E-state index contributed by atoms with van der Waals surface area (Å²) in [7, 11) is 0. The first-order valence-corrected chi connectivity index (χ1v) is 7.71. The lowest BCUT2D eigenvalue weighted by Gasteiger charge is -2.32. The Morgan fingerprint density at radius 2 is 2.29 bits per heavy atom. The number of amides is 1. The van der Waals surface area contributed by atoms with Crippen molar-refractivity contribution in [1.82, 2.24) is 15.5 Å². The van der Waals surface area contributed by atoms with Gasteiger partial charge in [-0.1, -0.05) is 13.0 Å². The Kier molecular flexibility index (Phi) is 4.53. The minimum atomic E-state index is -0.0121. The molecule has 21 heavy (non-hydrogen) atoms. The Balaban J connectivity index is 1.54. The number of nitrogens with zero attached hydrogens (tertiary/aromatic N) is 1. The van der Waals surface area contributed by atoms with Crippen LogP contribution in [0.25, 0.3) is 0 Å². The van der Waals surface area contributed by atoms with E-state index in [0.717, 1.165) is 44.9 Å². The van der Waals surface area contributed by atoms with Crippen LogP contribution in [-0.4, -0.2) is 49.7 Å². The highest BCUT2D eigenvalue weighted by molar-refractivity contribution is 5.94. The molecular weight excluding hydrogens is 266 g/mol. The highest BCUT2D eigenvalue weighted by Gasteiger charge is 2.20. The lowest BCUT2D eigenvalue weighted by molar-refractivity contribution is -0.0246. The van der Waals surface area contributed by atoms with Gasteiger partial charge >= 0.3 is 0 Å². The first kappa shape index (κ1) is 14.5. The molecule has 0 saturated carbocycles. The van der Waals surface area contributed by atoms with Crippen molar-refractivity contribution in [2.75, 3.05) is 32.8 Å². The van der Waals surface area contributed by atoms with Crippen molar-refractivity contribution in [3.8, 4) is 0 Å². The molecule has 1 unspecified atom stereocenters. The average molecular weight is 289 g/mol.